The lowest BCUT2D eigenvalue weighted by molar-refractivity contribution is 0.549. The molecule has 5 aromatic rings. The molecule has 156 valence electrons. The molecule has 4 heterocycles. The quantitative estimate of drug-likeness (QED) is 0.356. The molecule has 6 rings (SSSR count). The highest BCUT2D eigenvalue weighted by Gasteiger charge is 2.42. The van der Waals surface area contributed by atoms with Crippen LogP contribution in [0.4, 0.5) is 5.69 Å². The Hall–Kier alpha value is -3.55. The molecule has 3 aromatic heterocycles. The van der Waals surface area contributed by atoms with Crippen LogP contribution in [0.25, 0.3) is 15.3 Å². The van der Waals surface area contributed by atoms with Crippen LogP contribution in [-0.2, 0) is 0 Å². The number of pyridine rings is 1. The molecule has 1 aliphatic rings. The van der Waals surface area contributed by atoms with Crippen LogP contribution in [0.5, 0.6) is 0 Å². The summed E-state index contributed by atoms with van der Waals surface area (Å²) in [5.41, 5.74) is 4.12. The summed E-state index contributed by atoms with van der Waals surface area (Å²) in [6.07, 6.45) is 3.90. The van der Waals surface area contributed by atoms with E-state index in [1.165, 1.54) is 4.70 Å². The van der Waals surface area contributed by atoms with Gasteiger partial charge < -0.3 is 10.2 Å². The van der Waals surface area contributed by atoms with Gasteiger partial charge in [0.2, 0.25) is 0 Å². The Morgan fingerprint density at radius 3 is 2.50 bits per heavy atom. The first-order chi connectivity index (χ1) is 15.8. The molecule has 5 nitrogen and oxygen atoms in total. The van der Waals surface area contributed by atoms with Crippen molar-refractivity contribution in [3.63, 3.8) is 0 Å². The molecule has 0 radical (unpaired) electrons. The number of hydrogen-bond donors (Lipinski definition) is 1. The monoisotopic (exact) mass is 453 g/mol. The molecule has 1 saturated heterocycles. The van der Waals surface area contributed by atoms with Crippen molar-refractivity contribution in [1.82, 2.24) is 19.9 Å². The van der Waals surface area contributed by atoms with Crippen molar-refractivity contribution in [2.45, 2.75) is 12.1 Å². The predicted octanol–water partition coefficient (Wildman–Crippen LogP) is 5.66. The highest BCUT2D eigenvalue weighted by Crippen LogP contribution is 2.42. The Bertz CT molecular complexity index is 1360. The summed E-state index contributed by atoms with van der Waals surface area (Å²) in [5.74, 6) is 0. The largest absolute Gasteiger partial charge is 0.351 e. The molecule has 1 fully saturated rings. The van der Waals surface area contributed by atoms with Gasteiger partial charge >= 0.3 is 0 Å². The molecule has 2 atom stereocenters. The molecule has 2 aromatic carbocycles. The van der Waals surface area contributed by atoms with E-state index in [1.54, 1.807) is 11.3 Å². The molecule has 7 heteroatoms. The summed E-state index contributed by atoms with van der Waals surface area (Å²) >= 11 is 7.52. The zero-order valence-corrected chi connectivity index (χ0v) is 18.6. The molecule has 1 aliphatic heterocycles. The highest BCUT2D eigenvalue weighted by atomic mass is 32.1. The van der Waals surface area contributed by atoms with E-state index in [4.69, 9.17) is 17.2 Å². The first-order valence-electron chi connectivity index (χ1n) is 10.4. The van der Waals surface area contributed by atoms with Crippen LogP contribution in [0, 0.1) is 0 Å². The number of aromatic nitrogens is 3. The van der Waals surface area contributed by atoms with Crippen molar-refractivity contribution in [2.24, 2.45) is 0 Å². The van der Waals surface area contributed by atoms with Crippen molar-refractivity contribution in [3.05, 3.63) is 109 Å². The zero-order valence-electron chi connectivity index (χ0n) is 17.0. The fourth-order valence-corrected chi connectivity index (χ4v) is 5.61. The normalized spacial score (nSPS) is 18.2. The van der Waals surface area contributed by atoms with Gasteiger partial charge in [-0.1, -0.05) is 47.7 Å². The van der Waals surface area contributed by atoms with E-state index in [0.29, 0.717) is 5.11 Å². The second-order valence-corrected chi connectivity index (χ2v) is 9.00. The lowest BCUT2D eigenvalue weighted by Gasteiger charge is -2.28. The molecule has 0 spiro atoms. The Morgan fingerprint density at radius 2 is 1.69 bits per heavy atom. The second kappa shape index (κ2) is 7.85. The van der Waals surface area contributed by atoms with Gasteiger partial charge in [0.1, 0.15) is 6.04 Å². The molecule has 1 N–H and O–H groups in total. The molecule has 32 heavy (non-hydrogen) atoms. The van der Waals surface area contributed by atoms with Gasteiger partial charge in [-0.25, -0.2) is 4.98 Å². The van der Waals surface area contributed by atoms with E-state index in [9.17, 15) is 0 Å². The maximum Gasteiger partial charge on any atom is 0.194 e. The van der Waals surface area contributed by atoms with Crippen molar-refractivity contribution in [2.75, 3.05) is 4.90 Å². The Balaban J connectivity index is 1.52. The van der Waals surface area contributed by atoms with Crippen LogP contribution in [0.1, 0.15) is 23.5 Å². The third kappa shape index (κ3) is 3.18. The maximum atomic E-state index is 5.83. The van der Waals surface area contributed by atoms with E-state index >= 15 is 0 Å². The number of thiazole rings is 1. The number of rotatable bonds is 4. The molecule has 0 bridgehead atoms. The number of nitrogens with one attached hydrogen (secondary N) is 1. The van der Waals surface area contributed by atoms with Gasteiger partial charge in [-0.3, -0.25) is 9.55 Å². The molecule has 0 amide bonds. The Labute approximate surface area is 195 Å². The van der Waals surface area contributed by atoms with Crippen LogP contribution in [0.2, 0.25) is 0 Å². The SMILES string of the molecule is S=C1N[C@H](c2ccccn2)[C@@H](c2cccn2-c2nc3ccccc3s2)N1c1ccccc1. The van der Waals surface area contributed by atoms with E-state index in [-0.39, 0.29) is 12.1 Å². The Kier molecular flexibility index (Phi) is 4.70. The first-order valence-corrected chi connectivity index (χ1v) is 11.6. The number of anilines is 1. The van der Waals surface area contributed by atoms with Crippen molar-refractivity contribution in [1.29, 1.82) is 0 Å². The van der Waals surface area contributed by atoms with Gasteiger partial charge in [0, 0.05) is 18.1 Å². The van der Waals surface area contributed by atoms with E-state index in [0.717, 1.165) is 27.7 Å². The summed E-state index contributed by atoms with van der Waals surface area (Å²) in [5, 5.41) is 5.16. The second-order valence-electron chi connectivity index (χ2n) is 7.60. The average Bonchev–Trinajstić information content (AvgIpc) is 3.56. The van der Waals surface area contributed by atoms with Crippen LogP contribution in [0.3, 0.4) is 0 Å². The number of hydrogen-bond acceptors (Lipinski definition) is 4. The van der Waals surface area contributed by atoms with Crippen LogP contribution < -0.4 is 10.2 Å². The summed E-state index contributed by atoms with van der Waals surface area (Å²) in [6, 6.07) is 28.6. The Morgan fingerprint density at radius 1 is 0.875 bits per heavy atom. The predicted molar refractivity (Wildman–Crippen MR) is 133 cm³/mol. The molecule has 0 unspecified atom stereocenters. The van der Waals surface area contributed by atoms with Crippen molar-refractivity contribution >= 4 is 44.6 Å². The van der Waals surface area contributed by atoms with E-state index < -0.39 is 0 Å². The standard InChI is InChI=1S/C25H19N5S2/c31-24-28-22(19-12-6-7-15-26-19)23(30(24)17-9-2-1-3-10-17)20-13-8-16-29(20)25-27-18-11-4-5-14-21(18)32-25/h1-16,22-23H,(H,28,31)/t22-,23-/m1/s1. The number of fused-ring (bicyclic) bond motifs is 1. The fourth-order valence-electron chi connectivity index (χ4n) is 4.29. The minimum absolute atomic E-state index is 0.0817. The molecular weight excluding hydrogens is 434 g/mol. The number of para-hydroxylation sites is 2. The average molecular weight is 454 g/mol. The van der Waals surface area contributed by atoms with Gasteiger partial charge in [-0.15, -0.1) is 0 Å². The van der Waals surface area contributed by atoms with Crippen LogP contribution in [0.15, 0.2) is 97.3 Å². The van der Waals surface area contributed by atoms with E-state index in [1.807, 2.05) is 48.7 Å². The lowest BCUT2D eigenvalue weighted by atomic mass is 10.0. The lowest BCUT2D eigenvalue weighted by Crippen LogP contribution is -2.30. The summed E-state index contributed by atoms with van der Waals surface area (Å²) < 4.78 is 3.35. The van der Waals surface area contributed by atoms with Crippen molar-refractivity contribution < 1.29 is 0 Å². The maximum absolute atomic E-state index is 5.83. The first kappa shape index (κ1) is 19.2. The summed E-state index contributed by atoms with van der Waals surface area (Å²) in [6.45, 7) is 0. The van der Waals surface area contributed by atoms with Crippen molar-refractivity contribution in [3.8, 4) is 5.13 Å². The van der Waals surface area contributed by atoms with Crippen LogP contribution >= 0.6 is 23.6 Å². The fraction of sp³-hybridized carbons (Fsp3) is 0.0800. The smallest absolute Gasteiger partial charge is 0.194 e. The van der Waals surface area contributed by atoms with Gasteiger partial charge in [0.05, 0.1) is 27.6 Å². The molecule has 0 aliphatic carbocycles. The number of benzene rings is 2. The highest BCUT2D eigenvalue weighted by molar-refractivity contribution is 7.80. The minimum atomic E-state index is -0.0908. The third-order valence-electron chi connectivity index (χ3n) is 5.70. The molecule has 0 saturated carbocycles. The third-order valence-corrected chi connectivity index (χ3v) is 7.05. The van der Waals surface area contributed by atoms with Gasteiger partial charge in [-0.05, 0) is 60.7 Å². The topological polar surface area (TPSA) is 46.0 Å². The van der Waals surface area contributed by atoms with Gasteiger partial charge in [0.15, 0.2) is 10.2 Å². The minimum Gasteiger partial charge on any atom is -0.351 e. The number of thiocarbonyl (C=S) groups is 1. The summed E-state index contributed by atoms with van der Waals surface area (Å²) in [4.78, 5) is 11.7. The summed E-state index contributed by atoms with van der Waals surface area (Å²) in [7, 11) is 0. The van der Waals surface area contributed by atoms with Gasteiger partial charge in [-0.2, -0.15) is 0 Å². The zero-order chi connectivity index (χ0) is 21.5. The van der Waals surface area contributed by atoms with Gasteiger partial charge in [0.25, 0.3) is 0 Å². The molecular formula is C25H19N5S2. The van der Waals surface area contributed by atoms with Crippen LogP contribution in [-0.4, -0.2) is 19.6 Å². The number of nitrogens with zero attached hydrogens (tertiary/aromatic N) is 4. The van der Waals surface area contributed by atoms with E-state index in [2.05, 4.69) is 68.4 Å².